The fourth-order valence-electron chi connectivity index (χ4n) is 2.63. The highest BCUT2D eigenvalue weighted by molar-refractivity contribution is 9.10. The maximum absolute atomic E-state index is 13.9. The van der Waals surface area contributed by atoms with Crippen LogP contribution in [0.1, 0.15) is 11.1 Å². The smallest absolute Gasteiger partial charge is 0.343 e. The number of hydrogen-bond acceptors (Lipinski definition) is 5. The summed E-state index contributed by atoms with van der Waals surface area (Å²) in [6.45, 7) is -0.507. The number of amides is 3. The molecule has 29 heavy (non-hydrogen) atoms. The molecule has 0 saturated carbocycles. The van der Waals surface area contributed by atoms with Gasteiger partial charge in [-0.25, -0.2) is 14.0 Å². The first kappa shape index (κ1) is 20.5. The van der Waals surface area contributed by atoms with E-state index in [9.17, 15) is 18.8 Å². The second kappa shape index (κ2) is 8.87. The Bertz CT molecular complexity index is 1010. The Morgan fingerprint density at radius 1 is 1.24 bits per heavy atom. The van der Waals surface area contributed by atoms with Gasteiger partial charge in [-0.05, 0) is 30.3 Å². The van der Waals surface area contributed by atoms with Crippen LogP contribution in [0.5, 0.6) is 5.75 Å². The fourth-order valence-corrected chi connectivity index (χ4v) is 3.01. The van der Waals surface area contributed by atoms with Crippen molar-refractivity contribution in [2.24, 2.45) is 0 Å². The van der Waals surface area contributed by atoms with Gasteiger partial charge < -0.3 is 14.8 Å². The zero-order valence-electron chi connectivity index (χ0n) is 15.3. The number of benzene rings is 2. The minimum absolute atomic E-state index is 0.00681. The quantitative estimate of drug-likeness (QED) is 0.404. The molecule has 9 heteroatoms. The van der Waals surface area contributed by atoms with E-state index in [1.165, 1.54) is 31.4 Å². The first-order chi connectivity index (χ1) is 13.9. The standard InChI is InChI=1S/C20H16BrFN2O5/c1-28-18(25)11-29-17-7-6-14(21)8-13(17)9-16-19(26)24(20(27)23-16)10-12-4-2-3-5-15(12)22/h2-9H,10-11H2,1H3,(H,23,27). The number of halogens is 2. The van der Waals surface area contributed by atoms with E-state index in [1.54, 1.807) is 24.3 Å². The van der Waals surface area contributed by atoms with Crippen molar-refractivity contribution in [1.82, 2.24) is 10.2 Å². The average Bonchev–Trinajstić information content (AvgIpc) is 2.96. The zero-order valence-corrected chi connectivity index (χ0v) is 16.9. The van der Waals surface area contributed by atoms with E-state index >= 15 is 0 Å². The highest BCUT2D eigenvalue weighted by Gasteiger charge is 2.34. The molecule has 1 aliphatic rings. The molecule has 3 amide bonds. The number of rotatable bonds is 6. The van der Waals surface area contributed by atoms with Gasteiger partial charge in [0.15, 0.2) is 6.61 Å². The lowest BCUT2D eigenvalue weighted by Crippen LogP contribution is -2.30. The number of nitrogens with one attached hydrogen (secondary N) is 1. The maximum Gasteiger partial charge on any atom is 0.343 e. The molecule has 0 bridgehead atoms. The summed E-state index contributed by atoms with van der Waals surface area (Å²) in [6, 6.07) is 10.2. The summed E-state index contributed by atoms with van der Waals surface area (Å²) in [6.07, 6.45) is 1.43. The Balaban J connectivity index is 1.84. The third-order valence-electron chi connectivity index (χ3n) is 4.09. The molecule has 0 atom stereocenters. The van der Waals surface area contributed by atoms with Crippen LogP contribution >= 0.6 is 15.9 Å². The van der Waals surface area contributed by atoms with Crippen LogP contribution in [0, 0.1) is 5.82 Å². The van der Waals surface area contributed by atoms with Gasteiger partial charge in [0.1, 0.15) is 17.3 Å². The Morgan fingerprint density at radius 2 is 2.00 bits per heavy atom. The van der Waals surface area contributed by atoms with Crippen LogP contribution in [0.15, 0.2) is 52.6 Å². The minimum Gasteiger partial charge on any atom is -0.481 e. The fraction of sp³-hybridized carbons (Fsp3) is 0.150. The van der Waals surface area contributed by atoms with Crippen molar-refractivity contribution < 1.29 is 28.2 Å². The number of esters is 1. The molecule has 150 valence electrons. The molecule has 0 aromatic heterocycles. The molecular weight excluding hydrogens is 447 g/mol. The normalized spacial score (nSPS) is 14.9. The summed E-state index contributed by atoms with van der Waals surface area (Å²) in [4.78, 5) is 37.1. The van der Waals surface area contributed by atoms with Gasteiger partial charge in [-0.15, -0.1) is 0 Å². The SMILES string of the molecule is COC(=O)COc1ccc(Br)cc1C=C1NC(=O)N(Cc2ccccc2F)C1=O. The lowest BCUT2D eigenvalue weighted by Gasteiger charge is -2.12. The Morgan fingerprint density at radius 3 is 2.72 bits per heavy atom. The number of ether oxygens (including phenoxy) is 2. The Kier molecular flexibility index (Phi) is 6.28. The van der Waals surface area contributed by atoms with Crippen molar-refractivity contribution >= 4 is 39.9 Å². The molecule has 1 saturated heterocycles. The highest BCUT2D eigenvalue weighted by atomic mass is 79.9. The number of nitrogens with zero attached hydrogens (tertiary/aromatic N) is 1. The molecule has 1 fully saturated rings. The Hall–Kier alpha value is -3.20. The van der Waals surface area contributed by atoms with E-state index in [0.717, 1.165) is 4.90 Å². The van der Waals surface area contributed by atoms with E-state index in [0.29, 0.717) is 15.8 Å². The number of carbonyl (C=O) groups excluding carboxylic acids is 3. The van der Waals surface area contributed by atoms with Gasteiger partial charge in [0.25, 0.3) is 5.91 Å². The van der Waals surface area contributed by atoms with Crippen molar-refractivity contribution in [3.05, 3.63) is 69.6 Å². The third-order valence-corrected chi connectivity index (χ3v) is 4.59. The van der Waals surface area contributed by atoms with Crippen LogP contribution in [0.4, 0.5) is 9.18 Å². The van der Waals surface area contributed by atoms with Gasteiger partial charge in [-0.3, -0.25) is 9.69 Å². The topological polar surface area (TPSA) is 84.9 Å². The maximum atomic E-state index is 13.9. The summed E-state index contributed by atoms with van der Waals surface area (Å²) in [7, 11) is 1.24. The summed E-state index contributed by atoms with van der Waals surface area (Å²) in [5.74, 6) is -1.35. The van der Waals surface area contributed by atoms with Crippen LogP contribution < -0.4 is 10.1 Å². The van der Waals surface area contributed by atoms with Gasteiger partial charge in [0, 0.05) is 15.6 Å². The van der Waals surface area contributed by atoms with Crippen molar-refractivity contribution in [3.8, 4) is 5.75 Å². The lowest BCUT2D eigenvalue weighted by molar-refractivity contribution is -0.142. The van der Waals surface area contributed by atoms with Crippen molar-refractivity contribution in [2.45, 2.75) is 6.54 Å². The molecule has 0 aliphatic carbocycles. The molecular formula is C20H16BrFN2O5. The van der Waals surface area contributed by atoms with Gasteiger partial charge in [0.2, 0.25) is 0 Å². The van der Waals surface area contributed by atoms with E-state index in [-0.39, 0.29) is 24.4 Å². The molecule has 1 heterocycles. The monoisotopic (exact) mass is 462 g/mol. The van der Waals surface area contributed by atoms with Gasteiger partial charge in [-0.2, -0.15) is 0 Å². The predicted octanol–water partition coefficient (Wildman–Crippen LogP) is 3.23. The van der Waals surface area contributed by atoms with Crippen LogP contribution in [0.2, 0.25) is 0 Å². The van der Waals surface area contributed by atoms with Crippen LogP contribution in [-0.4, -0.2) is 36.5 Å². The largest absolute Gasteiger partial charge is 0.481 e. The predicted molar refractivity (Wildman–Crippen MR) is 105 cm³/mol. The highest BCUT2D eigenvalue weighted by Crippen LogP contribution is 2.27. The summed E-state index contributed by atoms with van der Waals surface area (Å²) < 4.78 is 24.5. The van der Waals surface area contributed by atoms with Crippen LogP contribution in [0.25, 0.3) is 6.08 Å². The van der Waals surface area contributed by atoms with Gasteiger partial charge in [0.05, 0.1) is 13.7 Å². The number of imide groups is 1. The summed E-state index contributed by atoms with van der Waals surface area (Å²) in [5, 5.41) is 2.48. The Labute approximate surface area is 174 Å². The van der Waals surface area contributed by atoms with Crippen molar-refractivity contribution in [2.75, 3.05) is 13.7 Å². The lowest BCUT2D eigenvalue weighted by atomic mass is 10.1. The van der Waals surface area contributed by atoms with Crippen LogP contribution in [-0.2, 0) is 20.9 Å². The molecule has 0 spiro atoms. The number of hydrogen-bond donors (Lipinski definition) is 1. The van der Waals surface area contributed by atoms with E-state index < -0.39 is 23.7 Å². The second-order valence-corrected chi connectivity index (χ2v) is 6.93. The first-order valence-electron chi connectivity index (χ1n) is 8.46. The molecule has 1 aliphatic heterocycles. The number of carbonyl (C=O) groups is 3. The van der Waals surface area contributed by atoms with E-state index in [4.69, 9.17) is 4.74 Å². The van der Waals surface area contributed by atoms with Crippen molar-refractivity contribution in [1.29, 1.82) is 0 Å². The average molecular weight is 463 g/mol. The molecule has 0 radical (unpaired) electrons. The summed E-state index contributed by atoms with van der Waals surface area (Å²) in [5.41, 5.74) is 0.689. The van der Waals surface area contributed by atoms with Gasteiger partial charge >= 0.3 is 12.0 Å². The molecule has 1 N–H and O–H groups in total. The third kappa shape index (κ3) is 4.80. The number of urea groups is 1. The first-order valence-corrected chi connectivity index (χ1v) is 9.25. The van der Waals surface area contributed by atoms with Crippen LogP contribution in [0.3, 0.4) is 0 Å². The molecule has 2 aromatic rings. The summed E-state index contributed by atoms with van der Waals surface area (Å²) >= 11 is 3.33. The second-order valence-electron chi connectivity index (χ2n) is 6.02. The molecule has 2 aromatic carbocycles. The van der Waals surface area contributed by atoms with Crippen molar-refractivity contribution in [3.63, 3.8) is 0 Å². The zero-order chi connectivity index (χ0) is 21.0. The van der Waals surface area contributed by atoms with E-state index in [2.05, 4.69) is 26.0 Å². The minimum atomic E-state index is -0.656. The molecule has 0 unspecified atom stereocenters. The number of methoxy groups -OCH3 is 1. The molecule has 3 rings (SSSR count). The van der Waals surface area contributed by atoms with Gasteiger partial charge in [-0.1, -0.05) is 34.1 Å². The van der Waals surface area contributed by atoms with E-state index in [1.807, 2.05) is 0 Å². The molecule has 7 nitrogen and oxygen atoms in total.